The standard InChI is InChI=1S/C14H17N3O2/c1-9-12(10(2)16-14(19)15-9)8-13(18)17-11-6-4-3-5-7-11/h3-7,9H,8H2,1-2H3,(H,17,18)(H2,15,16,19). The molecule has 1 aromatic rings. The second-order valence-electron chi connectivity index (χ2n) is 4.56. The summed E-state index contributed by atoms with van der Waals surface area (Å²) in [6.45, 7) is 3.67. The van der Waals surface area contributed by atoms with Gasteiger partial charge in [-0.25, -0.2) is 4.79 Å². The number of nitrogens with one attached hydrogen (secondary N) is 3. The normalized spacial score (nSPS) is 18.6. The van der Waals surface area contributed by atoms with Crippen molar-refractivity contribution in [2.24, 2.45) is 0 Å². The Kier molecular flexibility index (Phi) is 3.85. The molecule has 2 rings (SSSR count). The van der Waals surface area contributed by atoms with Crippen LogP contribution in [0.3, 0.4) is 0 Å². The molecule has 1 aromatic carbocycles. The summed E-state index contributed by atoms with van der Waals surface area (Å²) < 4.78 is 0. The Balaban J connectivity index is 2.03. The number of allylic oxidation sites excluding steroid dienone is 1. The molecular formula is C14H17N3O2. The molecule has 0 bridgehead atoms. The Morgan fingerprint density at radius 1 is 1.32 bits per heavy atom. The predicted molar refractivity (Wildman–Crippen MR) is 73.5 cm³/mol. The molecule has 1 unspecified atom stereocenters. The number of anilines is 1. The van der Waals surface area contributed by atoms with E-state index in [0.29, 0.717) is 0 Å². The number of carbonyl (C=O) groups excluding carboxylic acids is 2. The molecule has 1 atom stereocenters. The molecule has 3 amide bonds. The number of amides is 3. The van der Waals surface area contributed by atoms with Gasteiger partial charge < -0.3 is 16.0 Å². The van der Waals surface area contributed by atoms with Crippen LogP contribution in [0.25, 0.3) is 0 Å². The molecule has 0 saturated heterocycles. The number of urea groups is 1. The van der Waals surface area contributed by atoms with Crippen LogP contribution in [0.5, 0.6) is 0 Å². The van der Waals surface area contributed by atoms with Gasteiger partial charge in [0.25, 0.3) is 0 Å². The summed E-state index contributed by atoms with van der Waals surface area (Å²) in [5.74, 6) is -0.0923. The van der Waals surface area contributed by atoms with E-state index in [1.165, 1.54) is 0 Å². The largest absolute Gasteiger partial charge is 0.332 e. The minimum Gasteiger partial charge on any atom is -0.332 e. The predicted octanol–water partition coefficient (Wildman–Crippen LogP) is 1.99. The van der Waals surface area contributed by atoms with E-state index >= 15 is 0 Å². The topological polar surface area (TPSA) is 70.2 Å². The maximum atomic E-state index is 12.0. The van der Waals surface area contributed by atoms with Gasteiger partial charge in [-0.1, -0.05) is 18.2 Å². The van der Waals surface area contributed by atoms with Crippen molar-refractivity contribution >= 4 is 17.6 Å². The average molecular weight is 259 g/mol. The first-order valence-corrected chi connectivity index (χ1v) is 6.18. The maximum absolute atomic E-state index is 12.0. The van der Waals surface area contributed by atoms with Crippen LogP contribution < -0.4 is 16.0 Å². The van der Waals surface area contributed by atoms with Crippen LogP contribution in [0.2, 0.25) is 0 Å². The molecule has 3 N–H and O–H groups in total. The third-order valence-corrected chi connectivity index (χ3v) is 3.06. The van der Waals surface area contributed by atoms with Crippen molar-refractivity contribution in [3.8, 4) is 0 Å². The number of rotatable bonds is 3. The molecule has 1 aliphatic heterocycles. The number of hydrogen-bond acceptors (Lipinski definition) is 2. The number of para-hydroxylation sites is 1. The van der Waals surface area contributed by atoms with Gasteiger partial charge >= 0.3 is 6.03 Å². The van der Waals surface area contributed by atoms with Crippen LogP contribution in [0.15, 0.2) is 41.6 Å². The van der Waals surface area contributed by atoms with Crippen molar-refractivity contribution in [2.45, 2.75) is 26.3 Å². The fourth-order valence-corrected chi connectivity index (χ4v) is 2.08. The number of carbonyl (C=O) groups is 2. The van der Waals surface area contributed by atoms with Crippen molar-refractivity contribution in [3.63, 3.8) is 0 Å². The van der Waals surface area contributed by atoms with Crippen molar-refractivity contribution in [2.75, 3.05) is 5.32 Å². The summed E-state index contributed by atoms with van der Waals surface area (Å²) in [4.78, 5) is 23.2. The fourth-order valence-electron chi connectivity index (χ4n) is 2.08. The van der Waals surface area contributed by atoms with Crippen molar-refractivity contribution in [1.82, 2.24) is 10.6 Å². The quantitative estimate of drug-likeness (QED) is 0.777. The van der Waals surface area contributed by atoms with Crippen molar-refractivity contribution in [3.05, 3.63) is 41.6 Å². The van der Waals surface area contributed by atoms with Gasteiger partial charge in [-0.3, -0.25) is 4.79 Å². The van der Waals surface area contributed by atoms with E-state index in [1.54, 1.807) is 6.92 Å². The molecule has 19 heavy (non-hydrogen) atoms. The van der Waals surface area contributed by atoms with Crippen LogP contribution in [-0.2, 0) is 4.79 Å². The van der Waals surface area contributed by atoms with Crippen LogP contribution in [0.4, 0.5) is 10.5 Å². The summed E-state index contributed by atoms with van der Waals surface area (Å²) >= 11 is 0. The SMILES string of the molecule is CC1=C(CC(=O)Nc2ccccc2)C(C)NC(=O)N1. The van der Waals surface area contributed by atoms with E-state index in [2.05, 4.69) is 16.0 Å². The van der Waals surface area contributed by atoms with Gasteiger partial charge in [0.15, 0.2) is 0 Å². The third kappa shape index (κ3) is 3.34. The van der Waals surface area contributed by atoms with Gasteiger partial charge in [-0.2, -0.15) is 0 Å². The summed E-state index contributed by atoms with van der Waals surface area (Å²) in [5, 5.41) is 8.25. The average Bonchev–Trinajstić information content (AvgIpc) is 2.35. The molecule has 0 spiro atoms. The third-order valence-electron chi connectivity index (χ3n) is 3.06. The molecule has 0 saturated carbocycles. The number of benzene rings is 1. The molecule has 100 valence electrons. The summed E-state index contributed by atoms with van der Waals surface area (Å²) in [5.41, 5.74) is 2.42. The van der Waals surface area contributed by atoms with E-state index in [-0.39, 0.29) is 24.4 Å². The van der Waals surface area contributed by atoms with Gasteiger partial charge in [-0.15, -0.1) is 0 Å². The maximum Gasteiger partial charge on any atom is 0.319 e. The highest BCUT2D eigenvalue weighted by Crippen LogP contribution is 2.16. The smallest absolute Gasteiger partial charge is 0.319 e. The van der Waals surface area contributed by atoms with Gasteiger partial charge in [-0.05, 0) is 31.6 Å². The molecular weight excluding hydrogens is 242 g/mol. The second-order valence-corrected chi connectivity index (χ2v) is 4.56. The molecule has 5 nitrogen and oxygen atoms in total. The minimum atomic E-state index is -0.225. The lowest BCUT2D eigenvalue weighted by Crippen LogP contribution is -2.47. The number of hydrogen-bond donors (Lipinski definition) is 3. The lowest BCUT2D eigenvalue weighted by Gasteiger charge is -2.26. The summed E-state index contributed by atoms with van der Waals surface area (Å²) in [6.07, 6.45) is 0.259. The molecule has 0 aromatic heterocycles. The molecule has 5 heteroatoms. The van der Waals surface area contributed by atoms with E-state index in [0.717, 1.165) is 17.0 Å². The van der Waals surface area contributed by atoms with Gasteiger partial charge in [0.2, 0.25) is 5.91 Å². The first kappa shape index (κ1) is 13.1. The van der Waals surface area contributed by atoms with Crippen molar-refractivity contribution in [1.29, 1.82) is 0 Å². The van der Waals surface area contributed by atoms with Gasteiger partial charge in [0.05, 0.1) is 12.5 Å². The van der Waals surface area contributed by atoms with Crippen LogP contribution in [-0.4, -0.2) is 18.0 Å². The molecule has 1 heterocycles. The highest BCUT2D eigenvalue weighted by atomic mass is 16.2. The van der Waals surface area contributed by atoms with Crippen molar-refractivity contribution < 1.29 is 9.59 Å². The first-order chi connectivity index (χ1) is 9.06. The van der Waals surface area contributed by atoms with Crippen LogP contribution in [0.1, 0.15) is 20.3 Å². The highest BCUT2D eigenvalue weighted by molar-refractivity contribution is 5.93. The molecule has 0 radical (unpaired) electrons. The monoisotopic (exact) mass is 259 g/mol. The Hall–Kier alpha value is -2.30. The second kappa shape index (κ2) is 5.56. The summed E-state index contributed by atoms with van der Waals surface area (Å²) in [6, 6.07) is 8.95. The zero-order chi connectivity index (χ0) is 13.8. The first-order valence-electron chi connectivity index (χ1n) is 6.18. The van der Waals surface area contributed by atoms with E-state index in [9.17, 15) is 9.59 Å². The van der Waals surface area contributed by atoms with Gasteiger partial charge in [0, 0.05) is 11.4 Å². The highest BCUT2D eigenvalue weighted by Gasteiger charge is 2.22. The Morgan fingerprint density at radius 2 is 2.00 bits per heavy atom. The fraction of sp³-hybridized carbons (Fsp3) is 0.286. The molecule has 0 fully saturated rings. The van der Waals surface area contributed by atoms with Gasteiger partial charge in [0.1, 0.15) is 0 Å². The van der Waals surface area contributed by atoms with Crippen LogP contribution in [0, 0.1) is 0 Å². The minimum absolute atomic E-state index is 0.0923. The Labute approximate surface area is 112 Å². The zero-order valence-corrected chi connectivity index (χ0v) is 11.0. The Bertz CT molecular complexity index is 523. The van der Waals surface area contributed by atoms with E-state index in [4.69, 9.17) is 0 Å². The van der Waals surface area contributed by atoms with E-state index in [1.807, 2.05) is 37.3 Å². The lowest BCUT2D eigenvalue weighted by molar-refractivity contribution is -0.115. The van der Waals surface area contributed by atoms with E-state index < -0.39 is 0 Å². The molecule has 0 aliphatic carbocycles. The zero-order valence-electron chi connectivity index (χ0n) is 11.0. The Morgan fingerprint density at radius 3 is 2.63 bits per heavy atom. The summed E-state index contributed by atoms with van der Waals surface area (Å²) in [7, 11) is 0. The molecule has 1 aliphatic rings. The lowest BCUT2D eigenvalue weighted by atomic mass is 10.0. The van der Waals surface area contributed by atoms with Crippen LogP contribution >= 0.6 is 0 Å².